The summed E-state index contributed by atoms with van der Waals surface area (Å²) >= 11 is 2.11. The van der Waals surface area contributed by atoms with Gasteiger partial charge in [-0.25, -0.2) is 4.68 Å². The lowest BCUT2D eigenvalue weighted by molar-refractivity contribution is 0.227. The molecule has 0 saturated heterocycles. The monoisotopic (exact) mass is 283 g/mol. The number of rotatable bonds is 7. The van der Waals surface area contributed by atoms with Gasteiger partial charge in [-0.2, -0.15) is 11.8 Å². The molecule has 1 saturated carbocycles. The molecule has 1 aliphatic carbocycles. The molecule has 1 aromatic heterocycles. The molecule has 0 aromatic carbocycles. The molecule has 0 aliphatic heterocycles. The van der Waals surface area contributed by atoms with Crippen molar-refractivity contribution in [3.63, 3.8) is 0 Å². The van der Waals surface area contributed by atoms with Gasteiger partial charge in [0.2, 0.25) is 0 Å². The minimum Gasteiger partial charge on any atom is -0.296 e. The lowest BCUT2D eigenvalue weighted by Crippen LogP contribution is -2.30. The Hall–Kier alpha value is -0.620. The largest absolute Gasteiger partial charge is 0.296 e. The Balaban J connectivity index is 1.87. The highest BCUT2D eigenvalue weighted by Gasteiger charge is 2.28. The summed E-state index contributed by atoms with van der Waals surface area (Å²) in [6, 6.07) is 0.691. The summed E-state index contributed by atoms with van der Waals surface area (Å²) in [6.45, 7) is 6.18. The van der Waals surface area contributed by atoms with Crippen LogP contribution in [0.15, 0.2) is 0 Å². The summed E-state index contributed by atoms with van der Waals surface area (Å²) in [6.07, 6.45) is 5.04. The fourth-order valence-corrected chi connectivity index (χ4v) is 3.91. The van der Waals surface area contributed by atoms with Gasteiger partial charge in [0.15, 0.2) is 5.82 Å². The molecular formula is C13H25N5S. The molecule has 1 aliphatic rings. The van der Waals surface area contributed by atoms with Gasteiger partial charge in [-0.15, -0.1) is 5.10 Å². The standard InChI is InChI=1S/C13H25N5S/c1-4-8-18-13(14-15-16-18)10-17(3)11-6-7-12(9-11)19-5-2/h11-12H,4-10H2,1-3H3/t11-,12+/m1/s1. The molecular weight excluding hydrogens is 258 g/mol. The molecule has 1 fully saturated rings. The Kier molecular flexibility index (Phi) is 5.63. The zero-order valence-corrected chi connectivity index (χ0v) is 13.1. The van der Waals surface area contributed by atoms with E-state index in [9.17, 15) is 0 Å². The number of tetrazole rings is 1. The van der Waals surface area contributed by atoms with E-state index in [1.807, 2.05) is 4.68 Å². The van der Waals surface area contributed by atoms with Crippen molar-refractivity contribution in [1.29, 1.82) is 0 Å². The van der Waals surface area contributed by atoms with E-state index in [1.165, 1.54) is 25.0 Å². The molecule has 6 heteroatoms. The van der Waals surface area contributed by atoms with Gasteiger partial charge in [0, 0.05) is 17.8 Å². The molecule has 19 heavy (non-hydrogen) atoms. The normalized spacial score (nSPS) is 23.4. The average Bonchev–Trinajstić information content (AvgIpc) is 3.01. The molecule has 0 bridgehead atoms. The Bertz CT molecular complexity index is 381. The second-order valence-electron chi connectivity index (χ2n) is 5.28. The molecule has 0 spiro atoms. The molecule has 0 N–H and O–H groups in total. The Labute approximate surface area is 120 Å². The maximum Gasteiger partial charge on any atom is 0.165 e. The van der Waals surface area contributed by atoms with Gasteiger partial charge in [0.1, 0.15) is 0 Å². The molecule has 5 nitrogen and oxygen atoms in total. The highest BCUT2D eigenvalue weighted by atomic mass is 32.2. The van der Waals surface area contributed by atoms with Gasteiger partial charge in [-0.1, -0.05) is 13.8 Å². The third-order valence-electron chi connectivity index (χ3n) is 3.81. The second kappa shape index (κ2) is 7.24. The van der Waals surface area contributed by atoms with E-state index in [2.05, 4.69) is 53.1 Å². The van der Waals surface area contributed by atoms with Crippen LogP contribution < -0.4 is 0 Å². The SMILES string of the molecule is CCCn1nnnc1CN(C)[C@@H]1CC[C@H](SCC)C1. The van der Waals surface area contributed by atoms with Crippen LogP contribution in [-0.4, -0.2) is 49.2 Å². The van der Waals surface area contributed by atoms with Crippen LogP contribution in [-0.2, 0) is 13.1 Å². The van der Waals surface area contributed by atoms with E-state index < -0.39 is 0 Å². The zero-order valence-electron chi connectivity index (χ0n) is 12.2. The quantitative estimate of drug-likeness (QED) is 0.767. The molecule has 1 aromatic rings. The number of thioether (sulfide) groups is 1. The second-order valence-corrected chi connectivity index (χ2v) is 6.85. The van der Waals surface area contributed by atoms with E-state index in [-0.39, 0.29) is 0 Å². The van der Waals surface area contributed by atoms with E-state index >= 15 is 0 Å². The number of hydrogen-bond acceptors (Lipinski definition) is 5. The third kappa shape index (κ3) is 3.92. The average molecular weight is 283 g/mol. The van der Waals surface area contributed by atoms with Gasteiger partial charge < -0.3 is 0 Å². The predicted molar refractivity (Wildman–Crippen MR) is 79.1 cm³/mol. The Morgan fingerprint density at radius 2 is 2.21 bits per heavy atom. The Morgan fingerprint density at radius 3 is 2.95 bits per heavy atom. The first-order valence-electron chi connectivity index (χ1n) is 7.31. The van der Waals surface area contributed by atoms with E-state index in [4.69, 9.17) is 0 Å². The highest BCUT2D eigenvalue weighted by Crippen LogP contribution is 2.32. The summed E-state index contributed by atoms with van der Waals surface area (Å²) < 4.78 is 1.93. The summed E-state index contributed by atoms with van der Waals surface area (Å²) in [5.74, 6) is 2.23. The van der Waals surface area contributed by atoms with Crippen LogP contribution in [0.4, 0.5) is 0 Å². The van der Waals surface area contributed by atoms with Gasteiger partial charge >= 0.3 is 0 Å². The fourth-order valence-electron chi connectivity index (χ4n) is 2.78. The van der Waals surface area contributed by atoms with E-state index in [0.717, 1.165) is 30.6 Å². The van der Waals surface area contributed by atoms with Crippen molar-refractivity contribution in [2.24, 2.45) is 0 Å². The lowest BCUT2D eigenvalue weighted by atomic mass is 10.2. The van der Waals surface area contributed by atoms with Crippen LogP contribution >= 0.6 is 11.8 Å². The van der Waals surface area contributed by atoms with Crippen molar-refractivity contribution < 1.29 is 0 Å². The third-order valence-corrected chi connectivity index (χ3v) is 5.05. The maximum absolute atomic E-state index is 4.16. The van der Waals surface area contributed by atoms with Crippen molar-refractivity contribution in [3.05, 3.63) is 5.82 Å². The maximum atomic E-state index is 4.16. The Morgan fingerprint density at radius 1 is 1.37 bits per heavy atom. The zero-order chi connectivity index (χ0) is 13.7. The van der Waals surface area contributed by atoms with Crippen LogP contribution in [0.5, 0.6) is 0 Å². The molecule has 0 amide bonds. The first-order chi connectivity index (χ1) is 9.24. The number of aromatic nitrogens is 4. The minimum atomic E-state index is 0.691. The molecule has 2 rings (SSSR count). The molecule has 1 heterocycles. The van der Waals surface area contributed by atoms with Crippen LogP contribution in [0.3, 0.4) is 0 Å². The number of aryl methyl sites for hydroxylation is 1. The summed E-state index contributed by atoms with van der Waals surface area (Å²) in [5.41, 5.74) is 0. The van der Waals surface area contributed by atoms with Gasteiger partial charge in [0.05, 0.1) is 6.54 Å². The van der Waals surface area contributed by atoms with Crippen molar-refractivity contribution in [2.45, 2.75) is 63.9 Å². The summed E-state index contributed by atoms with van der Waals surface area (Å²) in [4.78, 5) is 2.42. The minimum absolute atomic E-state index is 0.691. The molecule has 108 valence electrons. The van der Waals surface area contributed by atoms with Gasteiger partial charge in [-0.05, 0) is 48.9 Å². The first kappa shape index (κ1) is 14.8. The van der Waals surface area contributed by atoms with Gasteiger partial charge in [0.25, 0.3) is 0 Å². The highest BCUT2D eigenvalue weighted by molar-refractivity contribution is 7.99. The van der Waals surface area contributed by atoms with Crippen LogP contribution in [0.2, 0.25) is 0 Å². The van der Waals surface area contributed by atoms with Crippen LogP contribution in [0.1, 0.15) is 45.4 Å². The van der Waals surface area contributed by atoms with Crippen molar-refractivity contribution in [3.8, 4) is 0 Å². The lowest BCUT2D eigenvalue weighted by Gasteiger charge is -2.23. The topological polar surface area (TPSA) is 46.8 Å². The molecule has 2 atom stereocenters. The molecule has 0 radical (unpaired) electrons. The van der Waals surface area contributed by atoms with Crippen molar-refractivity contribution in [1.82, 2.24) is 25.1 Å². The molecule has 0 unspecified atom stereocenters. The fraction of sp³-hybridized carbons (Fsp3) is 0.923. The first-order valence-corrected chi connectivity index (χ1v) is 8.36. The summed E-state index contributed by atoms with van der Waals surface area (Å²) in [7, 11) is 2.20. The number of nitrogens with zero attached hydrogens (tertiary/aromatic N) is 5. The van der Waals surface area contributed by atoms with Crippen molar-refractivity contribution >= 4 is 11.8 Å². The smallest absolute Gasteiger partial charge is 0.165 e. The van der Waals surface area contributed by atoms with Crippen LogP contribution in [0.25, 0.3) is 0 Å². The number of hydrogen-bond donors (Lipinski definition) is 0. The van der Waals surface area contributed by atoms with Crippen molar-refractivity contribution in [2.75, 3.05) is 12.8 Å². The van der Waals surface area contributed by atoms with E-state index in [0.29, 0.717) is 6.04 Å². The van der Waals surface area contributed by atoms with Crippen LogP contribution in [0, 0.1) is 0 Å². The predicted octanol–water partition coefficient (Wildman–Crippen LogP) is 2.19. The van der Waals surface area contributed by atoms with Gasteiger partial charge in [-0.3, -0.25) is 4.90 Å². The van der Waals surface area contributed by atoms with E-state index in [1.54, 1.807) is 0 Å². The summed E-state index contributed by atoms with van der Waals surface area (Å²) in [5, 5.41) is 12.9.